The van der Waals surface area contributed by atoms with Gasteiger partial charge < -0.3 is 24.4 Å². The Morgan fingerprint density at radius 2 is 1.83 bits per heavy atom. The number of likely N-dealkylation sites (tertiary alicyclic amines) is 1. The Bertz CT molecular complexity index is 1120. The second-order valence-corrected chi connectivity index (χ2v) is 8.98. The van der Waals surface area contributed by atoms with E-state index >= 15 is 0 Å². The molecule has 0 radical (unpaired) electrons. The van der Waals surface area contributed by atoms with Crippen LogP contribution in [0, 0.1) is 0 Å². The van der Waals surface area contributed by atoms with Gasteiger partial charge in [-0.15, -0.1) is 0 Å². The van der Waals surface area contributed by atoms with Gasteiger partial charge in [-0.05, 0) is 68.4 Å². The van der Waals surface area contributed by atoms with Gasteiger partial charge in [0.1, 0.15) is 23.4 Å². The highest BCUT2D eigenvalue weighted by Gasteiger charge is 2.46. The van der Waals surface area contributed by atoms with E-state index in [2.05, 4.69) is 18.7 Å². The topological polar surface area (TPSA) is 79.3 Å². The van der Waals surface area contributed by atoms with Gasteiger partial charge in [0, 0.05) is 25.1 Å². The summed E-state index contributed by atoms with van der Waals surface area (Å²) in [6, 6.07) is 12.1. The Morgan fingerprint density at radius 3 is 2.49 bits per heavy atom. The second kappa shape index (κ2) is 10.5. The maximum Gasteiger partial charge on any atom is 0.295 e. The lowest BCUT2D eigenvalue weighted by molar-refractivity contribution is -0.140. The average Bonchev–Trinajstić information content (AvgIpc) is 3.35. The normalized spacial score (nSPS) is 20.9. The summed E-state index contributed by atoms with van der Waals surface area (Å²) in [5.41, 5.74) is 2.37. The molecule has 0 bridgehead atoms. The van der Waals surface area contributed by atoms with Crippen molar-refractivity contribution < 1.29 is 24.2 Å². The van der Waals surface area contributed by atoms with Crippen LogP contribution < -0.4 is 9.47 Å². The average molecular weight is 479 g/mol. The van der Waals surface area contributed by atoms with Crippen molar-refractivity contribution in [2.75, 3.05) is 32.8 Å². The molecule has 0 aliphatic carbocycles. The van der Waals surface area contributed by atoms with E-state index in [0.717, 1.165) is 36.4 Å². The number of carbonyl (C=O) groups excluding carboxylic acids is 2. The summed E-state index contributed by atoms with van der Waals surface area (Å²) in [5.74, 6) is 0.0950. The van der Waals surface area contributed by atoms with Crippen LogP contribution in [0.15, 0.2) is 48.0 Å². The van der Waals surface area contributed by atoms with Gasteiger partial charge in [-0.25, -0.2) is 0 Å². The number of likely N-dealkylation sites (N-methyl/N-ethyl adjacent to an activating group) is 1. The molecule has 2 unspecified atom stereocenters. The number of fused-ring (bicyclic) bond motifs is 1. The fraction of sp³-hybridized carbons (Fsp3) is 0.429. The van der Waals surface area contributed by atoms with Crippen molar-refractivity contribution in [2.24, 2.45) is 0 Å². The van der Waals surface area contributed by atoms with Crippen molar-refractivity contribution in [2.45, 2.75) is 46.3 Å². The van der Waals surface area contributed by atoms with Crippen LogP contribution in [-0.2, 0) is 16.0 Å². The second-order valence-electron chi connectivity index (χ2n) is 8.98. The maximum absolute atomic E-state index is 13.3. The van der Waals surface area contributed by atoms with Crippen LogP contribution in [0.4, 0.5) is 0 Å². The van der Waals surface area contributed by atoms with E-state index in [1.54, 1.807) is 11.0 Å². The number of amides is 1. The monoisotopic (exact) mass is 478 g/mol. The van der Waals surface area contributed by atoms with Gasteiger partial charge in [0.05, 0.1) is 18.2 Å². The summed E-state index contributed by atoms with van der Waals surface area (Å²) in [5, 5.41) is 11.4. The third kappa shape index (κ3) is 4.91. The Kier molecular flexibility index (Phi) is 7.45. The molecule has 1 fully saturated rings. The zero-order chi connectivity index (χ0) is 25.1. The first-order valence-corrected chi connectivity index (χ1v) is 12.4. The number of ketones is 1. The molecule has 7 nitrogen and oxygen atoms in total. The molecule has 7 heteroatoms. The summed E-state index contributed by atoms with van der Waals surface area (Å²) < 4.78 is 11.3. The van der Waals surface area contributed by atoms with Gasteiger partial charge >= 0.3 is 0 Å². The molecule has 35 heavy (non-hydrogen) atoms. The Labute approximate surface area is 206 Å². The van der Waals surface area contributed by atoms with Gasteiger partial charge in [0.15, 0.2) is 0 Å². The minimum absolute atomic E-state index is 0.0666. The molecule has 4 rings (SSSR count). The lowest BCUT2D eigenvalue weighted by atomic mass is 9.94. The molecule has 1 saturated heterocycles. The Morgan fingerprint density at radius 1 is 1.11 bits per heavy atom. The number of aliphatic hydroxyl groups is 1. The van der Waals surface area contributed by atoms with Crippen LogP contribution in [0.3, 0.4) is 0 Å². The van der Waals surface area contributed by atoms with Crippen LogP contribution in [-0.4, -0.2) is 65.5 Å². The highest BCUT2D eigenvalue weighted by Crippen LogP contribution is 2.40. The first-order chi connectivity index (χ1) is 16.9. The van der Waals surface area contributed by atoms with Crippen molar-refractivity contribution in [1.82, 2.24) is 9.80 Å². The molecule has 2 atom stereocenters. The van der Waals surface area contributed by atoms with Crippen LogP contribution in [0.1, 0.15) is 50.4 Å². The van der Waals surface area contributed by atoms with Crippen molar-refractivity contribution in [3.63, 3.8) is 0 Å². The predicted octanol–water partition coefficient (Wildman–Crippen LogP) is 4.17. The minimum atomic E-state index is -0.676. The number of carbonyl (C=O) groups is 2. The third-order valence-electron chi connectivity index (χ3n) is 6.77. The molecular weight excluding hydrogens is 444 g/mol. The van der Waals surface area contributed by atoms with Crippen LogP contribution in [0.5, 0.6) is 11.5 Å². The smallest absolute Gasteiger partial charge is 0.295 e. The SMILES string of the molecule is CCOc1ccc(C2C(=C(O)c3ccc4c(c3)CC(C)O4)C(=O)C(=O)N2CCN(CC)CC)cc1. The molecule has 2 aliphatic heterocycles. The molecule has 186 valence electrons. The number of hydrogen-bond acceptors (Lipinski definition) is 6. The van der Waals surface area contributed by atoms with Crippen molar-refractivity contribution in [3.8, 4) is 11.5 Å². The number of nitrogens with zero attached hydrogens (tertiary/aromatic N) is 2. The van der Waals surface area contributed by atoms with Gasteiger partial charge in [-0.1, -0.05) is 26.0 Å². The molecule has 0 spiro atoms. The Hall–Kier alpha value is -3.32. The first-order valence-electron chi connectivity index (χ1n) is 12.4. The minimum Gasteiger partial charge on any atom is -0.507 e. The number of benzene rings is 2. The molecule has 0 saturated carbocycles. The van der Waals surface area contributed by atoms with Crippen LogP contribution in [0.25, 0.3) is 5.76 Å². The van der Waals surface area contributed by atoms with Gasteiger partial charge in [0.2, 0.25) is 0 Å². The standard InChI is InChI=1S/C28H34N2O5/c1-5-29(6-2)14-15-30-25(19-8-11-22(12-9-19)34-7-3)24(27(32)28(30)33)26(31)20-10-13-23-21(17-20)16-18(4)35-23/h8-13,17-18,25,31H,5-7,14-16H2,1-4H3. The van der Waals surface area contributed by atoms with E-state index < -0.39 is 17.7 Å². The molecule has 2 heterocycles. The zero-order valence-electron chi connectivity index (χ0n) is 20.9. The molecule has 2 aromatic carbocycles. The molecule has 1 N–H and O–H groups in total. The summed E-state index contributed by atoms with van der Waals surface area (Å²) in [6.07, 6.45) is 0.800. The molecule has 2 aromatic rings. The highest BCUT2D eigenvalue weighted by molar-refractivity contribution is 6.46. The molecule has 1 amide bonds. The number of ether oxygens (including phenoxy) is 2. The predicted molar refractivity (Wildman–Crippen MR) is 135 cm³/mol. The quantitative estimate of drug-likeness (QED) is 0.331. The van der Waals surface area contributed by atoms with Gasteiger partial charge in [-0.2, -0.15) is 0 Å². The molecule has 2 aliphatic rings. The first kappa shape index (κ1) is 24.8. The lowest BCUT2D eigenvalue weighted by Gasteiger charge is -2.28. The summed E-state index contributed by atoms with van der Waals surface area (Å²) in [4.78, 5) is 30.3. The summed E-state index contributed by atoms with van der Waals surface area (Å²) in [7, 11) is 0. The van der Waals surface area contributed by atoms with Crippen LogP contribution >= 0.6 is 0 Å². The van der Waals surface area contributed by atoms with Crippen LogP contribution in [0.2, 0.25) is 0 Å². The van der Waals surface area contributed by atoms with E-state index in [-0.39, 0.29) is 17.4 Å². The van der Waals surface area contributed by atoms with E-state index in [9.17, 15) is 14.7 Å². The fourth-order valence-corrected chi connectivity index (χ4v) is 4.88. The van der Waals surface area contributed by atoms with Gasteiger partial charge in [0.25, 0.3) is 11.7 Å². The maximum atomic E-state index is 13.3. The number of Topliss-reactive ketones (excluding diaryl/α,β-unsaturated/α-hetero) is 1. The molecular formula is C28H34N2O5. The van der Waals surface area contributed by atoms with Crippen molar-refractivity contribution in [3.05, 3.63) is 64.7 Å². The lowest BCUT2D eigenvalue weighted by Crippen LogP contribution is -2.38. The van der Waals surface area contributed by atoms with Crippen molar-refractivity contribution in [1.29, 1.82) is 0 Å². The zero-order valence-corrected chi connectivity index (χ0v) is 20.9. The van der Waals surface area contributed by atoms with Gasteiger partial charge in [-0.3, -0.25) is 9.59 Å². The largest absolute Gasteiger partial charge is 0.507 e. The summed E-state index contributed by atoms with van der Waals surface area (Å²) in [6.45, 7) is 11.3. The Balaban J connectivity index is 1.76. The van der Waals surface area contributed by atoms with E-state index in [4.69, 9.17) is 9.47 Å². The van der Waals surface area contributed by atoms with E-state index in [0.29, 0.717) is 31.0 Å². The number of aliphatic hydroxyl groups excluding tert-OH is 1. The summed E-state index contributed by atoms with van der Waals surface area (Å²) >= 11 is 0. The third-order valence-corrected chi connectivity index (χ3v) is 6.77. The van der Waals surface area contributed by atoms with E-state index in [1.165, 1.54) is 0 Å². The van der Waals surface area contributed by atoms with Crippen molar-refractivity contribution >= 4 is 17.4 Å². The highest BCUT2D eigenvalue weighted by atomic mass is 16.5. The number of hydrogen-bond donors (Lipinski definition) is 1. The number of rotatable bonds is 9. The fourth-order valence-electron chi connectivity index (χ4n) is 4.88. The van der Waals surface area contributed by atoms with E-state index in [1.807, 2.05) is 50.2 Å². The molecule has 0 aromatic heterocycles.